The highest BCUT2D eigenvalue weighted by Crippen LogP contribution is 2.14. The predicted octanol–water partition coefficient (Wildman–Crippen LogP) is 1.85. The lowest BCUT2D eigenvalue weighted by Crippen LogP contribution is -2.20. The standard InChI is InChI=1S/C14H15NO3/c1-11(18)15-8-3-2-7-14-12(9-16)5-4-6-13(14)10-17/h2,4-7,9-10H,3,8H2,1H3,(H,15,18). The number of carbonyl (C=O) groups is 3. The minimum Gasteiger partial charge on any atom is -0.356 e. The van der Waals surface area contributed by atoms with Crippen molar-refractivity contribution >= 4 is 24.6 Å². The van der Waals surface area contributed by atoms with Crippen molar-refractivity contribution in [2.24, 2.45) is 0 Å². The van der Waals surface area contributed by atoms with Crippen LogP contribution in [0, 0.1) is 0 Å². The van der Waals surface area contributed by atoms with Crippen molar-refractivity contribution in [3.63, 3.8) is 0 Å². The van der Waals surface area contributed by atoms with Crippen LogP contribution in [0.3, 0.4) is 0 Å². The van der Waals surface area contributed by atoms with E-state index in [1.807, 2.05) is 6.08 Å². The van der Waals surface area contributed by atoms with Gasteiger partial charge in [0.15, 0.2) is 12.6 Å². The van der Waals surface area contributed by atoms with Gasteiger partial charge < -0.3 is 5.32 Å². The topological polar surface area (TPSA) is 63.2 Å². The average Bonchev–Trinajstić information content (AvgIpc) is 2.37. The fraction of sp³-hybridized carbons (Fsp3) is 0.214. The summed E-state index contributed by atoms with van der Waals surface area (Å²) in [6.07, 6.45) is 5.65. The van der Waals surface area contributed by atoms with E-state index in [0.29, 0.717) is 29.7 Å². The van der Waals surface area contributed by atoms with Crippen LogP contribution in [0.15, 0.2) is 24.3 Å². The summed E-state index contributed by atoms with van der Waals surface area (Å²) in [6, 6.07) is 4.99. The Kier molecular flexibility index (Phi) is 5.51. The van der Waals surface area contributed by atoms with Gasteiger partial charge in [-0.1, -0.05) is 30.4 Å². The minimum atomic E-state index is -0.0785. The van der Waals surface area contributed by atoms with Crippen LogP contribution in [0.4, 0.5) is 0 Å². The van der Waals surface area contributed by atoms with Gasteiger partial charge in [-0.3, -0.25) is 14.4 Å². The van der Waals surface area contributed by atoms with E-state index in [-0.39, 0.29) is 5.91 Å². The van der Waals surface area contributed by atoms with E-state index in [4.69, 9.17) is 0 Å². The molecule has 1 aromatic carbocycles. The van der Waals surface area contributed by atoms with Crippen molar-refractivity contribution in [1.29, 1.82) is 0 Å². The summed E-state index contributed by atoms with van der Waals surface area (Å²) in [6.45, 7) is 1.99. The molecule has 1 rings (SSSR count). The molecule has 1 N–H and O–H groups in total. The van der Waals surface area contributed by atoms with Crippen molar-refractivity contribution < 1.29 is 14.4 Å². The highest BCUT2D eigenvalue weighted by Gasteiger charge is 2.03. The Morgan fingerprint density at radius 3 is 2.33 bits per heavy atom. The maximum Gasteiger partial charge on any atom is 0.216 e. The van der Waals surface area contributed by atoms with Crippen LogP contribution in [0.5, 0.6) is 0 Å². The molecule has 0 fully saturated rings. The second-order valence-corrected chi connectivity index (χ2v) is 3.76. The lowest BCUT2D eigenvalue weighted by Gasteiger charge is -2.02. The molecule has 4 heteroatoms. The zero-order valence-corrected chi connectivity index (χ0v) is 10.2. The molecular weight excluding hydrogens is 230 g/mol. The highest BCUT2D eigenvalue weighted by atomic mass is 16.1. The molecule has 1 aromatic rings. The normalized spacial score (nSPS) is 10.3. The molecule has 0 bridgehead atoms. The predicted molar refractivity (Wildman–Crippen MR) is 69.6 cm³/mol. The molecule has 0 saturated heterocycles. The second-order valence-electron chi connectivity index (χ2n) is 3.76. The number of amides is 1. The maximum atomic E-state index is 10.9. The molecular formula is C14H15NO3. The van der Waals surface area contributed by atoms with Gasteiger partial charge >= 0.3 is 0 Å². The van der Waals surface area contributed by atoms with Crippen LogP contribution >= 0.6 is 0 Å². The van der Waals surface area contributed by atoms with E-state index in [1.54, 1.807) is 24.3 Å². The molecule has 0 heterocycles. The summed E-state index contributed by atoms with van der Waals surface area (Å²) in [4.78, 5) is 32.4. The molecule has 94 valence electrons. The second kappa shape index (κ2) is 7.17. The molecule has 0 spiro atoms. The van der Waals surface area contributed by atoms with Gasteiger partial charge in [-0.05, 0) is 12.0 Å². The zero-order valence-electron chi connectivity index (χ0n) is 10.2. The molecule has 0 radical (unpaired) electrons. The Morgan fingerprint density at radius 1 is 1.22 bits per heavy atom. The first-order valence-corrected chi connectivity index (χ1v) is 5.63. The summed E-state index contributed by atoms with van der Waals surface area (Å²) in [5, 5.41) is 2.66. The zero-order chi connectivity index (χ0) is 13.4. The number of carbonyl (C=O) groups excluding carboxylic acids is 3. The third kappa shape index (κ3) is 3.97. The SMILES string of the molecule is CC(=O)NCCC=Cc1c(C=O)cccc1C=O. The Bertz CT molecular complexity index is 452. The van der Waals surface area contributed by atoms with Gasteiger partial charge in [-0.25, -0.2) is 0 Å². The summed E-state index contributed by atoms with van der Waals surface area (Å²) in [7, 11) is 0. The van der Waals surface area contributed by atoms with Gasteiger partial charge in [0.25, 0.3) is 0 Å². The van der Waals surface area contributed by atoms with Crippen molar-refractivity contribution in [3.8, 4) is 0 Å². The van der Waals surface area contributed by atoms with Crippen LogP contribution in [0.1, 0.15) is 39.6 Å². The Labute approximate surface area is 106 Å². The molecule has 0 unspecified atom stereocenters. The minimum absolute atomic E-state index is 0.0785. The first kappa shape index (κ1) is 13.8. The van der Waals surface area contributed by atoms with E-state index in [9.17, 15) is 14.4 Å². The fourth-order valence-corrected chi connectivity index (χ4v) is 1.53. The van der Waals surface area contributed by atoms with Crippen molar-refractivity contribution in [1.82, 2.24) is 5.32 Å². The van der Waals surface area contributed by atoms with Crippen molar-refractivity contribution in [3.05, 3.63) is 41.0 Å². The third-order valence-electron chi connectivity index (χ3n) is 2.40. The lowest BCUT2D eigenvalue weighted by molar-refractivity contribution is -0.118. The molecule has 0 aromatic heterocycles. The van der Waals surface area contributed by atoms with E-state index in [1.165, 1.54) is 6.92 Å². The Balaban J connectivity index is 2.76. The summed E-state index contributed by atoms with van der Waals surface area (Å²) < 4.78 is 0. The van der Waals surface area contributed by atoms with Crippen LogP contribution in [0.2, 0.25) is 0 Å². The molecule has 18 heavy (non-hydrogen) atoms. The van der Waals surface area contributed by atoms with E-state index in [2.05, 4.69) is 5.32 Å². The quantitative estimate of drug-likeness (QED) is 0.614. The maximum absolute atomic E-state index is 10.9. The number of hydrogen-bond acceptors (Lipinski definition) is 3. The number of hydrogen-bond donors (Lipinski definition) is 1. The highest BCUT2D eigenvalue weighted by molar-refractivity contribution is 5.90. The van der Waals surface area contributed by atoms with E-state index in [0.717, 1.165) is 12.6 Å². The largest absolute Gasteiger partial charge is 0.356 e. The molecule has 4 nitrogen and oxygen atoms in total. The van der Waals surface area contributed by atoms with Gasteiger partial charge in [0, 0.05) is 24.6 Å². The van der Waals surface area contributed by atoms with Crippen LogP contribution in [-0.4, -0.2) is 25.0 Å². The molecule has 0 aliphatic heterocycles. The van der Waals surface area contributed by atoms with Gasteiger partial charge in [0.1, 0.15) is 0 Å². The van der Waals surface area contributed by atoms with Gasteiger partial charge in [0.2, 0.25) is 5.91 Å². The smallest absolute Gasteiger partial charge is 0.216 e. The molecule has 1 amide bonds. The lowest BCUT2D eigenvalue weighted by atomic mass is 10.0. The fourth-order valence-electron chi connectivity index (χ4n) is 1.53. The number of aldehydes is 2. The van der Waals surface area contributed by atoms with Gasteiger partial charge in [-0.15, -0.1) is 0 Å². The molecule has 0 aliphatic carbocycles. The van der Waals surface area contributed by atoms with Gasteiger partial charge in [-0.2, -0.15) is 0 Å². The molecule has 0 aliphatic rings. The number of benzene rings is 1. The molecule has 0 saturated carbocycles. The van der Waals surface area contributed by atoms with Gasteiger partial charge in [0.05, 0.1) is 0 Å². The van der Waals surface area contributed by atoms with Crippen LogP contribution < -0.4 is 5.32 Å². The van der Waals surface area contributed by atoms with Crippen LogP contribution in [0.25, 0.3) is 6.08 Å². The van der Waals surface area contributed by atoms with E-state index >= 15 is 0 Å². The van der Waals surface area contributed by atoms with E-state index < -0.39 is 0 Å². The first-order chi connectivity index (χ1) is 8.69. The monoisotopic (exact) mass is 245 g/mol. The summed E-state index contributed by atoms with van der Waals surface area (Å²) in [5.74, 6) is -0.0785. The third-order valence-corrected chi connectivity index (χ3v) is 2.40. The molecule has 0 atom stereocenters. The van der Waals surface area contributed by atoms with Crippen molar-refractivity contribution in [2.75, 3.05) is 6.54 Å². The Morgan fingerprint density at radius 2 is 1.83 bits per heavy atom. The first-order valence-electron chi connectivity index (χ1n) is 5.63. The van der Waals surface area contributed by atoms with Crippen molar-refractivity contribution in [2.45, 2.75) is 13.3 Å². The number of rotatable bonds is 6. The summed E-state index contributed by atoms with van der Waals surface area (Å²) in [5.41, 5.74) is 1.58. The average molecular weight is 245 g/mol. The summed E-state index contributed by atoms with van der Waals surface area (Å²) >= 11 is 0. The number of nitrogens with one attached hydrogen (secondary N) is 1. The Hall–Kier alpha value is -2.23. The van der Waals surface area contributed by atoms with Crippen LogP contribution in [-0.2, 0) is 4.79 Å².